The highest BCUT2D eigenvalue weighted by atomic mass is 35.5. The molecule has 0 N–H and O–H groups in total. The smallest absolute Gasteiger partial charge is 0.266 e. The first-order valence-corrected chi connectivity index (χ1v) is 9.59. The van der Waals surface area contributed by atoms with Crippen LogP contribution in [0.25, 0.3) is 16.6 Å². The van der Waals surface area contributed by atoms with Crippen LogP contribution in [0.1, 0.15) is 23.1 Å². The van der Waals surface area contributed by atoms with Crippen LogP contribution in [0.4, 0.5) is 5.69 Å². The van der Waals surface area contributed by atoms with E-state index in [4.69, 9.17) is 11.6 Å². The van der Waals surface area contributed by atoms with E-state index < -0.39 is 0 Å². The molecule has 0 atom stereocenters. The number of benzene rings is 2. The van der Waals surface area contributed by atoms with Gasteiger partial charge >= 0.3 is 0 Å². The number of aromatic nitrogens is 2. The van der Waals surface area contributed by atoms with Crippen molar-refractivity contribution < 1.29 is 4.79 Å². The molecule has 0 saturated carbocycles. The molecule has 0 bridgehead atoms. The number of carbonyl (C=O) groups excluding carboxylic acids is 1. The maximum Gasteiger partial charge on any atom is 0.266 e. The molecule has 2 aromatic carbocycles. The molecular weight excluding hydrogens is 376 g/mol. The Balaban J connectivity index is 1.84. The minimum atomic E-state index is -0.276. The molecule has 0 spiro atoms. The van der Waals surface area contributed by atoms with Gasteiger partial charge in [0.15, 0.2) is 5.82 Å². The number of hydrogen-bond acceptors (Lipinski definition) is 5. The first-order chi connectivity index (χ1) is 13.4. The molecule has 0 aliphatic carbocycles. The summed E-state index contributed by atoms with van der Waals surface area (Å²) in [5.74, 6) is -0.134. The summed E-state index contributed by atoms with van der Waals surface area (Å²) in [6.45, 7) is 4.71. The van der Waals surface area contributed by atoms with Gasteiger partial charge in [-0.25, -0.2) is 4.98 Å². The van der Waals surface area contributed by atoms with Crippen LogP contribution in [0, 0.1) is 0 Å². The molecule has 4 rings (SSSR count). The summed E-state index contributed by atoms with van der Waals surface area (Å²) in [4.78, 5) is 34.8. The van der Waals surface area contributed by atoms with Crippen LogP contribution in [0.5, 0.6) is 0 Å². The molecule has 1 aliphatic rings. The molecule has 1 aliphatic heterocycles. The molecule has 6 nitrogen and oxygen atoms in total. The number of likely N-dealkylation sites (N-methyl/N-ethyl adjacent to an activating group) is 2. The first kappa shape index (κ1) is 18.7. The Morgan fingerprint density at radius 1 is 1.07 bits per heavy atom. The van der Waals surface area contributed by atoms with E-state index in [1.54, 1.807) is 24.3 Å². The van der Waals surface area contributed by atoms with E-state index in [9.17, 15) is 9.59 Å². The Hall–Kier alpha value is -2.70. The molecule has 1 aromatic heterocycles. The lowest BCUT2D eigenvalue weighted by atomic mass is 10.1. The fraction of sp³-hybridized carbons (Fsp3) is 0.286. The van der Waals surface area contributed by atoms with Gasteiger partial charge in [0.25, 0.3) is 5.56 Å². The van der Waals surface area contributed by atoms with Gasteiger partial charge in [-0.05, 0) is 57.4 Å². The van der Waals surface area contributed by atoms with Crippen molar-refractivity contribution in [1.82, 2.24) is 14.5 Å². The van der Waals surface area contributed by atoms with Crippen molar-refractivity contribution in [2.45, 2.75) is 6.92 Å². The van der Waals surface area contributed by atoms with Crippen molar-refractivity contribution in [2.24, 2.45) is 0 Å². The largest absolute Gasteiger partial charge is 0.370 e. The third kappa shape index (κ3) is 2.99. The van der Waals surface area contributed by atoms with Crippen molar-refractivity contribution in [1.29, 1.82) is 0 Å². The average Bonchev–Trinajstić information content (AvgIpc) is 2.94. The molecule has 2 heterocycles. The second kappa shape index (κ2) is 7.04. The quantitative estimate of drug-likeness (QED) is 0.519. The fourth-order valence-electron chi connectivity index (χ4n) is 3.54. The summed E-state index contributed by atoms with van der Waals surface area (Å²) in [5, 5.41) is 0.950. The zero-order valence-corrected chi connectivity index (χ0v) is 16.8. The number of ketones is 1. The Morgan fingerprint density at radius 3 is 2.57 bits per heavy atom. The third-order valence-electron chi connectivity index (χ3n) is 5.06. The number of anilines is 1. The van der Waals surface area contributed by atoms with E-state index >= 15 is 0 Å². The maximum atomic E-state index is 13.1. The second-order valence-corrected chi connectivity index (χ2v) is 7.59. The van der Waals surface area contributed by atoms with E-state index in [1.165, 1.54) is 4.57 Å². The van der Waals surface area contributed by atoms with Crippen LogP contribution >= 0.6 is 11.6 Å². The third-order valence-corrected chi connectivity index (χ3v) is 5.30. The van der Waals surface area contributed by atoms with Gasteiger partial charge < -0.3 is 9.80 Å². The summed E-state index contributed by atoms with van der Waals surface area (Å²) in [5.41, 5.74) is 2.23. The van der Waals surface area contributed by atoms with Crippen LogP contribution < -0.4 is 10.5 Å². The minimum absolute atomic E-state index is 0.142. The number of carbonyl (C=O) groups is 1. The van der Waals surface area contributed by atoms with E-state index in [-0.39, 0.29) is 17.2 Å². The monoisotopic (exact) mass is 396 g/mol. The van der Waals surface area contributed by atoms with Crippen molar-refractivity contribution in [2.75, 3.05) is 38.6 Å². The molecule has 0 amide bonds. The summed E-state index contributed by atoms with van der Waals surface area (Å²) in [6.07, 6.45) is 0. The van der Waals surface area contributed by atoms with Crippen molar-refractivity contribution in [3.8, 4) is 5.69 Å². The van der Waals surface area contributed by atoms with Gasteiger partial charge in [0.05, 0.1) is 22.2 Å². The van der Waals surface area contributed by atoms with Gasteiger partial charge in [0.2, 0.25) is 5.78 Å². The lowest BCUT2D eigenvalue weighted by Gasteiger charge is -2.25. The number of rotatable bonds is 5. The van der Waals surface area contributed by atoms with Gasteiger partial charge in [-0.1, -0.05) is 11.6 Å². The zero-order chi connectivity index (χ0) is 20.0. The van der Waals surface area contributed by atoms with Crippen LogP contribution in [0.15, 0.2) is 41.2 Å². The van der Waals surface area contributed by atoms with E-state index in [1.807, 2.05) is 26.2 Å². The molecule has 7 heteroatoms. The summed E-state index contributed by atoms with van der Waals surface area (Å²) < 4.78 is 1.39. The van der Waals surface area contributed by atoms with Gasteiger partial charge in [-0.3, -0.25) is 14.2 Å². The van der Waals surface area contributed by atoms with Gasteiger partial charge in [-0.2, -0.15) is 0 Å². The highest BCUT2D eigenvalue weighted by molar-refractivity contribution is 6.31. The number of nitrogens with zero attached hydrogens (tertiary/aromatic N) is 4. The minimum Gasteiger partial charge on any atom is -0.370 e. The predicted molar refractivity (Wildman–Crippen MR) is 112 cm³/mol. The van der Waals surface area contributed by atoms with Crippen LogP contribution in [-0.2, 0) is 0 Å². The molecule has 144 valence electrons. The van der Waals surface area contributed by atoms with Crippen LogP contribution in [0.3, 0.4) is 0 Å². The summed E-state index contributed by atoms with van der Waals surface area (Å²) in [7, 11) is 4.07. The lowest BCUT2D eigenvalue weighted by molar-refractivity contribution is 0.103. The van der Waals surface area contributed by atoms with E-state index in [0.29, 0.717) is 27.2 Å². The Bertz CT molecular complexity index is 1150. The number of fused-ring (bicyclic) bond motifs is 4. The first-order valence-electron chi connectivity index (χ1n) is 9.22. The normalized spacial score (nSPS) is 12.5. The van der Waals surface area contributed by atoms with Crippen molar-refractivity contribution in [3.63, 3.8) is 0 Å². The number of hydrogen-bond donors (Lipinski definition) is 0. The SMILES string of the molecule is CCN(CCN(C)C)c1ccc2c(=O)n3c(nc2c1)C(=O)c1cc(Cl)ccc1-3. The summed E-state index contributed by atoms with van der Waals surface area (Å²) >= 11 is 6.03. The Kier molecular flexibility index (Phi) is 4.69. The molecule has 3 aromatic rings. The van der Waals surface area contributed by atoms with Crippen molar-refractivity contribution in [3.05, 3.63) is 63.2 Å². The van der Waals surface area contributed by atoms with Gasteiger partial charge in [0.1, 0.15) is 0 Å². The highest BCUT2D eigenvalue weighted by Gasteiger charge is 2.30. The molecule has 0 radical (unpaired) electrons. The molecule has 28 heavy (non-hydrogen) atoms. The summed E-state index contributed by atoms with van der Waals surface area (Å²) in [6, 6.07) is 10.6. The predicted octanol–water partition coefficient (Wildman–Crippen LogP) is 2.97. The lowest BCUT2D eigenvalue weighted by Crippen LogP contribution is -2.31. The van der Waals surface area contributed by atoms with Crippen LogP contribution in [-0.4, -0.2) is 54.0 Å². The van der Waals surface area contributed by atoms with Gasteiger partial charge in [0, 0.05) is 30.3 Å². The fourth-order valence-corrected chi connectivity index (χ4v) is 3.71. The molecule has 0 saturated heterocycles. The zero-order valence-electron chi connectivity index (χ0n) is 16.1. The highest BCUT2D eigenvalue weighted by Crippen LogP contribution is 2.29. The van der Waals surface area contributed by atoms with E-state index in [2.05, 4.69) is 21.7 Å². The van der Waals surface area contributed by atoms with E-state index in [0.717, 1.165) is 25.3 Å². The molecular formula is C21H21ClN4O2. The Labute approximate surface area is 168 Å². The average molecular weight is 397 g/mol. The maximum absolute atomic E-state index is 13.1. The topological polar surface area (TPSA) is 58.4 Å². The number of halogens is 1. The van der Waals surface area contributed by atoms with Crippen molar-refractivity contribution >= 4 is 34.0 Å². The Morgan fingerprint density at radius 2 is 1.86 bits per heavy atom. The standard InChI is InChI=1S/C21H21ClN4O2/c1-4-25(10-9-24(2)3)14-6-7-15-17(12-14)23-20-19(27)16-11-13(22)5-8-18(16)26(20)21(15)28/h5-8,11-12H,4,9-10H2,1-3H3. The van der Waals surface area contributed by atoms with Gasteiger partial charge in [-0.15, -0.1) is 0 Å². The molecule has 0 fully saturated rings. The second-order valence-electron chi connectivity index (χ2n) is 7.15. The van der Waals surface area contributed by atoms with Crippen LogP contribution in [0.2, 0.25) is 5.02 Å². The molecule has 0 unspecified atom stereocenters.